The van der Waals surface area contributed by atoms with Crippen molar-refractivity contribution >= 4 is 28.7 Å². The zero-order chi connectivity index (χ0) is 20.8. The van der Waals surface area contributed by atoms with Crippen molar-refractivity contribution in [3.05, 3.63) is 53.6 Å². The topological polar surface area (TPSA) is 67.3 Å². The highest BCUT2D eigenvalue weighted by Crippen LogP contribution is 2.23. The van der Waals surface area contributed by atoms with Crippen molar-refractivity contribution in [2.45, 2.75) is 38.8 Å². The Morgan fingerprint density at radius 1 is 1.20 bits per heavy atom. The van der Waals surface area contributed by atoms with Crippen molar-refractivity contribution in [2.24, 2.45) is 5.92 Å². The number of nitrogens with one attached hydrogen (secondary N) is 1. The third kappa shape index (κ3) is 5.55. The second kappa shape index (κ2) is 10.00. The lowest BCUT2D eigenvalue weighted by atomic mass is 9.93. The molecular formula is C23H28N4O2S. The molecule has 1 saturated heterocycles. The van der Waals surface area contributed by atoms with E-state index < -0.39 is 0 Å². The predicted octanol–water partition coefficient (Wildman–Crippen LogP) is 4.01. The highest BCUT2D eigenvalue weighted by molar-refractivity contribution is 7.00. The van der Waals surface area contributed by atoms with Gasteiger partial charge >= 0.3 is 0 Å². The number of nitrogens with zero attached hydrogens (tertiary/aromatic N) is 3. The van der Waals surface area contributed by atoms with E-state index >= 15 is 0 Å². The molecule has 0 spiro atoms. The number of methoxy groups -OCH3 is 1. The number of hydrogen-bond acceptors (Lipinski definition) is 6. The molecule has 158 valence electrons. The Balaban J connectivity index is 1.22. The zero-order valence-electron chi connectivity index (χ0n) is 17.3. The molecule has 0 saturated carbocycles. The first-order chi connectivity index (χ1) is 14.7. The van der Waals surface area contributed by atoms with Crippen LogP contribution in [0, 0.1) is 5.92 Å². The number of hydrogen-bond donors (Lipinski definition) is 1. The van der Waals surface area contributed by atoms with E-state index in [4.69, 9.17) is 4.74 Å². The maximum absolute atomic E-state index is 12.3. The van der Waals surface area contributed by atoms with Crippen molar-refractivity contribution in [1.29, 1.82) is 0 Å². The van der Waals surface area contributed by atoms with Gasteiger partial charge in [0, 0.05) is 26.1 Å². The summed E-state index contributed by atoms with van der Waals surface area (Å²) in [5.74, 6) is 1.51. The molecule has 1 amide bonds. The second-order valence-corrected chi connectivity index (χ2v) is 8.53. The Kier molecular flexibility index (Phi) is 6.92. The van der Waals surface area contributed by atoms with E-state index in [1.807, 2.05) is 24.3 Å². The fourth-order valence-electron chi connectivity index (χ4n) is 4.12. The van der Waals surface area contributed by atoms with Crippen LogP contribution in [0.1, 0.15) is 36.8 Å². The first-order valence-corrected chi connectivity index (χ1v) is 11.3. The standard InChI is InChI=1S/C23H28N4O2S/c1-29-20-6-2-4-18(12-20)14-24-23(28)10-8-17-5-3-11-27(15-17)16-19-7-9-21-22(13-19)26-30-25-21/h2,4,6-7,9,12-13,17H,3,5,8,10-11,14-16H2,1H3,(H,24,28)/t17-/m0/s1. The monoisotopic (exact) mass is 424 g/mol. The van der Waals surface area contributed by atoms with Crippen LogP contribution < -0.4 is 10.1 Å². The number of benzene rings is 2. The number of carbonyl (C=O) groups excluding carboxylic acids is 1. The van der Waals surface area contributed by atoms with Gasteiger partial charge in [-0.1, -0.05) is 18.2 Å². The summed E-state index contributed by atoms with van der Waals surface area (Å²) in [6.07, 6.45) is 3.92. The highest BCUT2D eigenvalue weighted by Gasteiger charge is 2.21. The van der Waals surface area contributed by atoms with Gasteiger partial charge in [0.2, 0.25) is 5.91 Å². The smallest absolute Gasteiger partial charge is 0.220 e. The van der Waals surface area contributed by atoms with Crippen LogP contribution in [-0.4, -0.2) is 39.8 Å². The van der Waals surface area contributed by atoms with Crippen LogP contribution in [0.3, 0.4) is 0 Å². The van der Waals surface area contributed by atoms with Gasteiger partial charge in [-0.15, -0.1) is 0 Å². The van der Waals surface area contributed by atoms with E-state index in [9.17, 15) is 4.79 Å². The van der Waals surface area contributed by atoms with E-state index in [1.54, 1.807) is 7.11 Å². The van der Waals surface area contributed by atoms with Crippen molar-refractivity contribution in [3.63, 3.8) is 0 Å². The minimum Gasteiger partial charge on any atom is -0.497 e. The van der Waals surface area contributed by atoms with Crippen LogP contribution in [-0.2, 0) is 17.9 Å². The Hall–Kier alpha value is -2.51. The molecule has 2 heterocycles. The molecule has 0 bridgehead atoms. The molecule has 0 aliphatic carbocycles. The average molecular weight is 425 g/mol. The SMILES string of the molecule is COc1cccc(CNC(=O)CC[C@@H]2CCCN(Cc3ccc4nsnc4c3)C2)c1. The van der Waals surface area contributed by atoms with Crippen molar-refractivity contribution < 1.29 is 9.53 Å². The van der Waals surface area contributed by atoms with E-state index in [0.29, 0.717) is 18.9 Å². The highest BCUT2D eigenvalue weighted by atomic mass is 32.1. The molecule has 1 aromatic heterocycles. The molecule has 0 radical (unpaired) electrons. The molecule has 1 aliphatic rings. The number of likely N-dealkylation sites (tertiary alicyclic amines) is 1. The normalized spacial score (nSPS) is 17.2. The van der Waals surface area contributed by atoms with Gasteiger partial charge in [-0.25, -0.2) is 0 Å². The summed E-state index contributed by atoms with van der Waals surface area (Å²) in [5.41, 5.74) is 4.30. The molecule has 1 aliphatic heterocycles. The fourth-order valence-corrected chi connectivity index (χ4v) is 4.64. The minimum atomic E-state index is 0.122. The third-order valence-electron chi connectivity index (χ3n) is 5.73. The summed E-state index contributed by atoms with van der Waals surface area (Å²) >= 11 is 1.26. The van der Waals surface area contributed by atoms with Gasteiger partial charge in [0.25, 0.3) is 0 Å². The number of carbonyl (C=O) groups is 1. The average Bonchev–Trinajstić information content (AvgIpc) is 3.24. The molecular weight excluding hydrogens is 396 g/mol. The molecule has 3 aromatic rings. The largest absolute Gasteiger partial charge is 0.497 e. The van der Waals surface area contributed by atoms with Crippen LogP contribution in [0.2, 0.25) is 0 Å². The molecule has 0 unspecified atom stereocenters. The number of fused-ring (bicyclic) bond motifs is 1. The molecule has 30 heavy (non-hydrogen) atoms. The zero-order valence-corrected chi connectivity index (χ0v) is 18.2. The van der Waals surface area contributed by atoms with Crippen LogP contribution in [0.5, 0.6) is 5.75 Å². The number of piperidine rings is 1. The lowest BCUT2D eigenvalue weighted by molar-refractivity contribution is -0.121. The second-order valence-electron chi connectivity index (χ2n) is 8.00. The molecule has 1 fully saturated rings. The summed E-state index contributed by atoms with van der Waals surface area (Å²) in [6, 6.07) is 14.2. The molecule has 7 heteroatoms. The molecule has 4 rings (SSSR count). The van der Waals surface area contributed by atoms with Gasteiger partial charge in [-0.05, 0) is 67.1 Å². The molecule has 1 N–H and O–H groups in total. The number of aromatic nitrogens is 2. The summed E-state index contributed by atoms with van der Waals surface area (Å²) in [7, 11) is 1.65. The summed E-state index contributed by atoms with van der Waals surface area (Å²) in [4.78, 5) is 14.8. The van der Waals surface area contributed by atoms with Crippen LogP contribution in [0.4, 0.5) is 0 Å². The fraction of sp³-hybridized carbons (Fsp3) is 0.435. The van der Waals surface area contributed by atoms with E-state index in [0.717, 1.165) is 48.4 Å². The number of amides is 1. The van der Waals surface area contributed by atoms with Crippen LogP contribution >= 0.6 is 11.7 Å². The van der Waals surface area contributed by atoms with Gasteiger partial charge in [0.05, 0.1) is 18.8 Å². The lowest BCUT2D eigenvalue weighted by Crippen LogP contribution is -2.35. The lowest BCUT2D eigenvalue weighted by Gasteiger charge is -2.32. The maximum Gasteiger partial charge on any atom is 0.220 e. The summed E-state index contributed by atoms with van der Waals surface area (Å²) in [6.45, 7) is 3.65. The molecule has 6 nitrogen and oxygen atoms in total. The first kappa shape index (κ1) is 20.8. The summed E-state index contributed by atoms with van der Waals surface area (Å²) < 4.78 is 13.9. The van der Waals surface area contributed by atoms with Crippen LogP contribution in [0.25, 0.3) is 11.0 Å². The first-order valence-electron chi connectivity index (χ1n) is 10.5. The van der Waals surface area contributed by atoms with E-state index in [-0.39, 0.29) is 5.91 Å². The third-order valence-corrected chi connectivity index (χ3v) is 6.29. The maximum atomic E-state index is 12.3. The Morgan fingerprint density at radius 3 is 3.00 bits per heavy atom. The quantitative estimate of drug-likeness (QED) is 0.592. The van der Waals surface area contributed by atoms with Gasteiger partial charge in [0.15, 0.2) is 0 Å². The van der Waals surface area contributed by atoms with Gasteiger partial charge in [-0.2, -0.15) is 8.75 Å². The number of rotatable bonds is 8. The van der Waals surface area contributed by atoms with E-state index in [1.165, 1.54) is 30.1 Å². The number of ether oxygens (including phenoxy) is 1. The van der Waals surface area contributed by atoms with Gasteiger partial charge in [-0.3, -0.25) is 9.69 Å². The predicted molar refractivity (Wildman–Crippen MR) is 119 cm³/mol. The van der Waals surface area contributed by atoms with E-state index in [2.05, 4.69) is 37.2 Å². The molecule has 2 aromatic carbocycles. The van der Waals surface area contributed by atoms with Gasteiger partial charge in [0.1, 0.15) is 16.8 Å². The summed E-state index contributed by atoms with van der Waals surface area (Å²) in [5, 5.41) is 3.04. The van der Waals surface area contributed by atoms with Crippen molar-refractivity contribution in [1.82, 2.24) is 19.0 Å². The minimum absolute atomic E-state index is 0.122. The van der Waals surface area contributed by atoms with Crippen molar-refractivity contribution in [3.8, 4) is 5.75 Å². The Bertz CT molecular complexity index is 990. The van der Waals surface area contributed by atoms with Gasteiger partial charge < -0.3 is 10.1 Å². The Labute approximate surface area is 181 Å². The van der Waals surface area contributed by atoms with Crippen LogP contribution in [0.15, 0.2) is 42.5 Å². The molecule has 1 atom stereocenters. The van der Waals surface area contributed by atoms with Crippen molar-refractivity contribution in [2.75, 3.05) is 20.2 Å². The Morgan fingerprint density at radius 2 is 2.10 bits per heavy atom.